The Bertz CT molecular complexity index is 1220. The van der Waals surface area contributed by atoms with E-state index in [9.17, 15) is 4.79 Å². The normalized spacial score (nSPS) is 15.7. The standard InChI is InChI=1S/C18H18ClN7O2/c1-23-16-13(9-22-23)17(21-10-20-16)25-6-4-24(5-7-25)11-26-14-3-2-12(19)8-15(14)28-18(26)27/h2-3,8-10H,4-7,11H2,1H3. The lowest BCUT2D eigenvalue weighted by atomic mass is 10.3. The molecule has 10 heteroatoms. The van der Waals surface area contributed by atoms with Gasteiger partial charge in [-0.05, 0) is 12.1 Å². The highest BCUT2D eigenvalue weighted by Gasteiger charge is 2.22. The van der Waals surface area contributed by atoms with Gasteiger partial charge in [-0.2, -0.15) is 5.10 Å². The van der Waals surface area contributed by atoms with Crippen molar-refractivity contribution in [3.63, 3.8) is 0 Å². The highest BCUT2D eigenvalue weighted by Crippen LogP contribution is 2.24. The van der Waals surface area contributed by atoms with Crippen LogP contribution in [0.3, 0.4) is 0 Å². The Morgan fingerprint density at radius 3 is 2.82 bits per heavy atom. The Morgan fingerprint density at radius 1 is 1.18 bits per heavy atom. The zero-order valence-electron chi connectivity index (χ0n) is 15.2. The first kappa shape index (κ1) is 17.2. The molecule has 0 saturated carbocycles. The molecule has 0 radical (unpaired) electrons. The van der Waals surface area contributed by atoms with Gasteiger partial charge in [-0.3, -0.25) is 14.1 Å². The van der Waals surface area contributed by atoms with Crippen molar-refractivity contribution in [3.05, 3.63) is 46.3 Å². The maximum atomic E-state index is 12.2. The summed E-state index contributed by atoms with van der Waals surface area (Å²) in [6.45, 7) is 3.69. The number of halogens is 1. The Labute approximate surface area is 164 Å². The molecule has 0 N–H and O–H groups in total. The van der Waals surface area contributed by atoms with Crippen molar-refractivity contribution < 1.29 is 4.42 Å². The predicted molar refractivity (Wildman–Crippen MR) is 106 cm³/mol. The molecule has 28 heavy (non-hydrogen) atoms. The highest BCUT2D eigenvalue weighted by molar-refractivity contribution is 6.31. The van der Waals surface area contributed by atoms with Gasteiger partial charge in [-0.15, -0.1) is 0 Å². The summed E-state index contributed by atoms with van der Waals surface area (Å²) in [5.74, 6) is 0.533. The number of hydrogen-bond donors (Lipinski definition) is 0. The summed E-state index contributed by atoms with van der Waals surface area (Å²) in [4.78, 5) is 25.5. The number of fused-ring (bicyclic) bond motifs is 2. The third kappa shape index (κ3) is 2.83. The van der Waals surface area contributed by atoms with Gasteiger partial charge in [-0.25, -0.2) is 14.8 Å². The van der Waals surface area contributed by atoms with Crippen LogP contribution < -0.4 is 10.7 Å². The van der Waals surface area contributed by atoms with Crippen molar-refractivity contribution in [1.29, 1.82) is 0 Å². The molecule has 0 spiro atoms. The Balaban J connectivity index is 1.34. The van der Waals surface area contributed by atoms with Gasteiger partial charge < -0.3 is 9.32 Å². The fraction of sp³-hybridized carbons (Fsp3) is 0.333. The quantitative estimate of drug-likeness (QED) is 0.518. The lowest BCUT2D eigenvalue weighted by molar-refractivity contribution is 0.202. The molecule has 5 rings (SSSR count). The Hall–Kier alpha value is -2.91. The van der Waals surface area contributed by atoms with Crippen LogP contribution in [0.15, 0.2) is 39.9 Å². The number of hydrogen-bond acceptors (Lipinski definition) is 7. The number of anilines is 1. The van der Waals surface area contributed by atoms with Gasteiger partial charge in [0, 0.05) is 44.3 Å². The lowest BCUT2D eigenvalue weighted by Crippen LogP contribution is -2.47. The molecule has 1 aliphatic rings. The summed E-state index contributed by atoms with van der Waals surface area (Å²) in [5.41, 5.74) is 2.09. The monoisotopic (exact) mass is 399 g/mol. The molecule has 0 amide bonds. The molecule has 0 atom stereocenters. The average molecular weight is 400 g/mol. The first-order valence-corrected chi connectivity index (χ1v) is 9.37. The van der Waals surface area contributed by atoms with Crippen LogP contribution >= 0.6 is 11.6 Å². The molecule has 4 heterocycles. The van der Waals surface area contributed by atoms with Gasteiger partial charge in [0.15, 0.2) is 11.2 Å². The van der Waals surface area contributed by atoms with Crippen LogP contribution in [0.1, 0.15) is 0 Å². The molecule has 0 bridgehead atoms. The third-order valence-electron chi connectivity index (χ3n) is 5.15. The molecule has 0 unspecified atom stereocenters. The van der Waals surface area contributed by atoms with E-state index in [1.807, 2.05) is 13.1 Å². The largest absolute Gasteiger partial charge is 0.421 e. The van der Waals surface area contributed by atoms with E-state index in [0.29, 0.717) is 17.3 Å². The van der Waals surface area contributed by atoms with E-state index >= 15 is 0 Å². The maximum Gasteiger partial charge on any atom is 0.421 e. The maximum absolute atomic E-state index is 12.2. The Kier molecular flexibility index (Phi) is 4.06. The first-order chi connectivity index (χ1) is 13.6. The van der Waals surface area contributed by atoms with Crippen molar-refractivity contribution in [1.82, 2.24) is 29.2 Å². The summed E-state index contributed by atoms with van der Waals surface area (Å²) >= 11 is 5.99. The van der Waals surface area contributed by atoms with Gasteiger partial charge in [-0.1, -0.05) is 11.6 Å². The van der Waals surface area contributed by atoms with Crippen LogP contribution in [0, 0.1) is 0 Å². The minimum Gasteiger partial charge on any atom is -0.408 e. The van der Waals surface area contributed by atoms with Crippen LogP contribution in [0.5, 0.6) is 0 Å². The fourth-order valence-electron chi connectivity index (χ4n) is 3.68. The van der Waals surface area contributed by atoms with Gasteiger partial charge in [0.25, 0.3) is 0 Å². The predicted octanol–water partition coefficient (Wildman–Crippen LogP) is 1.70. The molecule has 4 aromatic rings. The SMILES string of the molecule is Cn1ncc2c(N3CCN(Cn4c(=O)oc5cc(Cl)ccc54)CC3)ncnc21. The summed E-state index contributed by atoms with van der Waals surface area (Å²) in [6, 6.07) is 5.25. The van der Waals surface area contributed by atoms with Crippen LogP contribution in [-0.2, 0) is 13.7 Å². The number of benzene rings is 1. The van der Waals surface area contributed by atoms with E-state index in [0.717, 1.165) is 48.5 Å². The van der Waals surface area contributed by atoms with Gasteiger partial charge in [0.2, 0.25) is 0 Å². The lowest BCUT2D eigenvalue weighted by Gasteiger charge is -2.35. The van der Waals surface area contributed by atoms with Crippen molar-refractivity contribution in [2.75, 3.05) is 31.1 Å². The van der Waals surface area contributed by atoms with Gasteiger partial charge in [0.1, 0.15) is 12.1 Å². The molecule has 3 aromatic heterocycles. The number of oxazole rings is 1. The smallest absolute Gasteiger partial charge is 0.408 e. The molecule has 1 aromatic carbocycles. The summed E-state index contributed by atoms with van der Waals surface area (Å²) in [7, 11) is 1.87. The van der Waals surface area contributed by atoms with Gasteiger partial charge >= 0.3 is 5.76 Å². The molecule has 0 aliphatic carbocycles. The molecule has 1 aliphatic heterocycles. The number of nitrogens with zero attached hydrogens (tertiary/aromatic N) is 7. The average Bonchev–Trinajstić information content (AvgIpc) is 3.22. The van der Waals surface area contributed by atoms with Crippen LogP contribution in [0.25, 0.3) is 22.1 Å². The first-order valence-electron chi connectivity index (χ1n) is 8.99. The van der Waals surface area contributed by atoms with Crippen LogP contribution in [0.2, 0.25) is 5.02 Å². The van der Waals surface area contributed by atoms with E-state index in [1.54, 1.807) is 33.9 Å². The zero-order valence-corrected chi connectivity index (χ0v) is 16.0. The van der Waals surface area contributed by atoms with E-state index in [4.69, 9.17) is 16.0 Å². The van der Waals surface area contributed by atoms with Crippen LogP contribution in [-0.4, -0.2) is 55.4 Å². The zero-order chi connectivity index (χ0) is 19.3. The number of piperazine rings is 1. The van der Waals surface area contributed by atoms with E-state index in [-0.39, 0.29) is 5.76 Å². The number of rotatable bonds is 3. The topological polar surface area (TPSA) is 85.2 Å². The third-order valence-corrected chi connectivity index (χ3v) is 5.39. The van der Waals surface area contributed by atoms with E-state index < -0.39 is 0 Å². The highest BCUT2D eigenvalue weighted by atomic mass is 35.5. The summed E-state index contributed by atoms with van der Waals surface area (Å²) in [6.07, 6.45) is 3.38. The molecular formula is C18H18ClN7O2. The minimum absolute atomic E-state index is 0.368. The fourth-order valence-corrected chi connectivity index (χ4v) is 3.84. The molecule has 9 nitrogen and oxygen atoms in total. The van der Waals surface area contributed by atoms with Crippen LogP contribution in [0.4, 0.5) is 5.82 Å². The summed E-state index contributed by atoms with van der Waals surface area (Å²) in [5, 5.41) is 5.78. The van der Waals surface area contributed by atoms with Gasteiger partial charge in [0.05, 0.1) is 23.8 Å². The second-order valence-corrected chi connectivity index (χ2v) is 7.29. The van der Waals surface area contributed by atoms with E-state index in [2.05, 4.69) is 24.9 Å². The molecule has 1 saturated heterocycles. The molecule has 1 fully saturated rings. The van der Waals surface area contributed by atoms with Crippen molar-refractivity contribution >= 4 is 39.6 Å². The Morgan fingerprint density at radius 2 is 2.00 bits per heavy atom. The minimum atomic E-state index is -0.368. The number of aryl methyl sites for hydroxylation is 1. The molecule has 144 valence electrons. The molecular weight excluding hydrogens is 382 g/mol. The van der Waals surface area contributed by atoms with E-state index in [1.165, 1.54) is 0 Å². The van der Waals surface area contributed by atoms with Crippen molar-refractivity contribution in [3.8, 4) is 0 Å². The van der Waals surface area contributed by atoms with Crippen molar-refractivity contribution in [2.45, 2.75) is 6.67 Å². The second kappa shape index (κ2) is 6.61. The summed E-state index contributed by atoms with van der Waals surface area (Å²) < 4.78 is 8.72. The van der Waals surface area contributed by atoms with Crippen molar-refractivity contribution in [2.24, 2.45) is 7.05 Å². The number of aromatic nitrogens is 5. The second-order valence-electron chi connectivity index (χ2n) is 6.86.